The van der Waals surface area contributed by atoms with E-state index in [0.29, 0.717) is 17.9 Å². The minimum Gasteiger partial charge on any atom is -0.476 e. The molecule has 1 N–H and O–H groups in total. The molecule has 3 heterocycles. The molecular formula is C22H24F3N5O3. The van der Waals surface area contributed by atoms with Gasteiger partial charge in [-0.25, -0.2) is 9.59 Å². The van der Waals surface area contributed by atoms with Crippen LogP contribution in [0.5, 0.6) is 0 Å². The van der Waals surface area contributed by atoms with Gasteiger partial charge in [0.1, 0.15) is 0 Å². The maximum absolute atomic E-state index is 13.8. The second kappa shape index (κ2) is 8.89. The second-order valence-electron chi connectivity index (χ2n) is 8.20. The van der Waals surface area contributed by atoms with E-state index >= 15 is 0 Å². The van der Waals surface area contributed by atoms with Gasteiger partial charge in [-0.05, 0) is 36.6 Å². The molecule has 0 aliphatic carbocycles. The highest BCUT2D eigenvalue weighted by atomic mass is 19.4. The number of alkyl halides is 3. The highest BCUT2D eigenvalue weighted by Gasteiger charge is 2.35. The Labute approximate surface area is 188 Å². The topological polar surface area (TPSA) is 81.9 Å². The molecule has 1 amide bonds. The van der Waals surface area contributed by atoms with E-state index < -0.39 is 23.7 Å². The summed E-state index contributed by atoms with van der Waals surface area (Å²) in [6, 6.07) is 5.16. The zero-order valence-corrected chi connectivity index (χ0v) is 17.9. The first-order valence-corrected chi connectivity index (χ1v) is 10.6. The number of hydrogen-bond acceptors (Lipinski definition) is 5. The number of carboxylic acids is 1. The van der Waals surface area contributed by atoms with Crippen LogP contribution in [-0.4, -0.2) is 69.4 Å². The van der Waals surface area contributed by atoms with Crippen molar-refractivity contribution in [1.82, 2.24) is 19.6 Å². The van der Waals surface area contributed by atoms with Gasteiger partial charge in [-0.3, -0.25) is 9.80 Å². The lowest BCUT2D eigenvalue weighted by molar-refractivity contribution is -0.138. The number of benzene rings is 1. The number of amides is 1. The summed E-state index contributed by atoms with van der Waals surface area (Å²) in [6.45, 7) is 6.22. The number of carbonyl (C=O) groups excluding carboxylic acids is 1. The molecule has 1 aromatic heterocycles. The predicted octanol–water partition coefficient (Wildman–Crippen LogP) is 3.50. The summed E-state index contributed by atoms with van der Waals surface area (Å²) in [5, 5.41) is 12.7. The van der Waals surface area contributed by atoms with E-state index in [4.69, 9.17) is 5.11 Å². The molecule has 4 rings (SSSR count). The van der Waals surface area contributed by atoms with Crippen LogP contribution in [0.25, 0.3) is 0 Å². The zero-order chi connectivity index (χ0) is 23.8. The normalized spacial score (nSPS) is 17.6. The van der Waals surface area contributed by atoms with Gasteiger partial charge in [0.15, 0.2) is 5.69 Å². The molecule has 2 aliphatic rings. The Morgan fingerprint density at radius 2 is 1.82 bits per heavy atom. The van der Waals surface area contributed by atoms with Crippen molar-refractivity contribution in [2.24, 2.45) is 0 Å². The maximum atomic E-state index is 13.8. The standard InChI is InChI=1S/C22H24F3N5O3/c1-15-13-27(10-11-29(15)21(33)30-9-6-19(26-30)20(31)32)14-16-4-5-17(28-7-2-3-8-28)12-18(16)22(23,24)25/h4-6,9,12H,1-3,7-8,10-11,13-14H2,(H,31,32). The van der Waals surface area contributed by atoms with E-state index in [-0.39, 0.29) is 30.9 Å². The molecular weight excluding hydrogens is 439 g/mol. The molecule has 8 nitrogen and oxygen atoms in total. The van der Waals surface area contributed by atoms with Crippen molar-refractivity contribution < 1.29 is 27.9 Å². The number of hydrogen-bond donors (Lipinski definition) is 1. The quantitative estimate of drug-likeness (QED) is 0.748. The third kappa shape index (κ3) is 4.87. The van der Waals surface area contributed by atoms with Crippen LogP contribution in [0.2, 0.25) is 0 Å². The van der Waals surface area contributed by atoms with Gasteiger partial charge < -0.3 is 10.0 Å². The highest BCUT2D eigenvalue weighted by molar-refractivity contribution is 5.86. The fourth-order valence-electron chi connectivity index (χ4n) is 4.24. The largest absolute Gasteiger partial charge is 0.476 e. The smallest absolute Gasteiger partial charge is 0.416 e. The molecule has 0 atom stereocenters. The summed E-state index contributed by atoms with van der Waals surface area (Å²) in [5.74, 6) is -1.25. The minimum absolute atomic E-state index is 0.0705. The molecule has 0 bridgehead atoms. The fourth-order valence-corrected chi connectivity index (χ4v) is 4.24. The van der Waals surface area contributed by atoms with Gasteiger partial charge in [0.25, 0.3) is 0 Å². The van der Waals surface area contributed by atoms with E-state index in [1.807, 2.05) is 4.90 Å². The lowest BCUT2D eigenvalue weighted by atomic mass is 10.0. The molecule has 0 saturated carbocycles. The molecule has 2 saturated heterocycles. The van der Waals surface area contributed by atoms with Crippen LogP contribution in [0.3, 0.4) is 0 Å². The van der Waals surface area contributed by atoms with Crippen molar-refractivity contribution in [2.45, 2.75) is 25.6 Å². The highest BCUT2D eigenvalue weighted by Crippen LogP contribution is 2.36. The predicted molar refractivity (Wildman–Crippen MR) is 114 cm³/mol. The first-order chi connectivity index (χ1) is 15.6. The number of halogens is 3. The first kappa shape index (κ1) is 22.8. The Morgan fingerprint density at radius 1 is 1.09 bits per heavy atom. The van der Waals surface area contributed by atoms with Crippen LogP contribution in [0.15, 0.2) is 42.7 Å². The van der Waals surface area contributed by atoms with E-state index in [1.54, 1.807) is 11.0 Å². The van der Waals surface area contributed by atoms with Crippen molar-refractivity contribution in [1.29, 1.82) is 0 Å². The first-order valence-electron chi connectivity index (χ1n) is 10.6. The fraction of sp³-hybridized carbons (Fsp3) is 0.409. The van der Waals surface area contributed by atoms with Gasteiger partial charge in [0.05, 0.1) is 5.56 Å². The van der Waals surface area contributed by atoms with Crippen molar-refractivity contribution in [3.8, 4) is 0 Å². The number of carbonyl (C=O) groups is 2. The summed E-state index contributed by atoms with van der Waals surface area (Å²) in [7, 11) is 0. The van der Waals surface area contributed by atoms with Gasteiger partial charge in [0, 0.05) is 56.8 Å². The number of aromatic carboxylic acids is 1. The molecule has 11 heteroatoms. The molecule has 0 unspecified atom stereocenters. The molecule has 33 heavy (non-hydrogen) atoms. The van der Waals surface area contributed by atoms with Crippen molar-refractivity contribution >= 4 is 17.7 Å². The van der Waals surface area contributed by atoms with Crippen LogP contribution in [0.4, 0.5) is 23.7 Å². The van der Waals surface area contributed by atoms with Gasteiger partial charge in [-0.2, -0.15) is 23.0 Å². The van der Waals surface area contributed by atoms with Gasteiger partial charge >= 0.3 is 18.2 Å². The molecule has 0 radical (unpaired) electrons. The van der Waals surface area contributed by atoms with Gasteiger partial charge in [-0.15, -0.1) is 0 Å². The Kier molecular flexibility index (Phi) is 6.15. The molecule has 0 spiro atoms. The van der Waals surface area contributed by atoms with Crippen molar-refractivity contribution in [2.75, 3.05) is 37.6 Å². The van der Waals surface area contributed by atoms with E-state index in [0.717, 1.165) is 30.6 Å². The van der Waals surface area contributed by atoms with E-state index in [1.165, 1.54) is 29.3 Å². The maximum Gasteiger partial charge on any atom is 0.416 e. The molecule has 2 aromatic rings. The number of aromatic nitrogens is 2. The summed E-state index contributed by atoms with van der Waals surface area (Å²) >= 11 is 0. The Hall–Kier alpha value is -3.34. The Bertz CT molecular complexity index is 1080. The van der Waals surface area contributed by atoms with Crippen molar-refractivity contribution in [3.05, 3.63) is 59.6 Å². The van der Waals surface area contributed by atoms with Crippen LogP contribution in [0, 0.1) is 0 Å². The lowest BCUT2D eigenvalue weighted by Crippen LogP contribution is -2.48. The summed E-state index contributed by atoms with van der Waals surface area (Å²) < 4.78 is 42.3. The average Bonchev–Trinajstić information content (AvgIpc) is 3.45. The third-order valence-corrected chi connectivity index (χ3v) is 5.93. The number of nitrogens with zero attached hydrogens (tertiary/aromatic N) is 5. The summed E-state index contributed by atoms with van der Waals surface area (Å²) in [6.07, 6.45) is -1.26. The molecule has 2 aliphatic heterocycles. The SMILES string of the molecule is C=C1CN(Cc2ccc(N3CCCC3)cc2C(F)(F)F)CCN1C(=O)n1ccc(C(=O)O)n1. The van der Waals surface area contributed by atoms with Gasteiger partial charge in [0.2, 0.25) is 0 Å². The number of carboxylic acid groups (broad SMARTS) is 1. The van der Waals surface area contributed by atoms with Crippen LogP contribution in [0.1, 0.15) is 34.5 Å². The Balaban J connectivity index is 1.46. The number of rotatable bonds is 4. The minimum atomic E-state index is -4.47. The third-order valence-electron chi connectivity index (χ3n) is 5.93. The molecule has 1 aromatic carbocycles. The lowest BCUT2D eigenvalue weighted by Gasteiger charge is -2.36. The second-order valence-corrected chi connectivity index (χ2v) is 8.20. The summed E-state index contributed by atoms with van der Waals surface area (Å²) in [5.41, 5.74) is 0.263. The van der Waals surface area contributed by atoms with E-state index in [2.05, 4.69) is 11.7 Å². The van der Waals surface area contributed by atoms with Crippen LogP contribution in [-0.2, 0) is 12.7 Å². The zero-order valence-electron chi connectivity index (χ0n) is 17.9. The monoisotopic (exact) mass is 463 g/mol. The van der Waals surface area contributed by atoms with Crippen molar-refractivity contribution in [3.63, 3.8) is 0 Å². The number of anilines is 1. The van der Waals surface area contributed by atoms with Crippen LogP contribution < -0.4 is 4.90 Å². The van der Waals surface area contributed by atoms with Gasteiger partial charge in [-0.1, -0.05) is 12.6 Å². The molecule has 2 fully saturated rings. The average molecular weight is 463 g/mol. The summed E-state index contributed by atoms with van der Waals surface area (Å²) in [4.78, 5) is 28.8. The Morgan fingerprint density at radius 3 is 2.42 bits per heavy atom. The van der Waals surface area contributed by atoms with Crippen LogP contribution >= 0.6 is 0 Å². The molecule has 176 valence electrons. The van der Waals surface area contributed by atoms with E-state index in [9.17, 15) is 22.8 Å². The number of piperazine rings is 1.